The van der Waals surface area contributed by atoms with Gasteiger partial charge in [0.1, 0.15) is 0 Å². The summed E-state index contributed by atoms with van der Waals surface area (Å²) < 4.78 is 10.5. The van der Waals surface area contributed by atoms with E-state index in [1.807, 2.05) is 18.2 Å². The molecule has 0 saturated heterocycles. The van der Waals surface area contributed by atoms with Gasteiger partial charge in [-0.3, -0.25) is 4.98 Å². The van der Waals surface area contributed by atoms with Gasteiger partial charge in [0.15, 0.2) is 11.5 Å². The van der Waals surface area contributed by atoms with Gasteiger partial charge in [-0.1, -0.05) is 6.07 Å². The zero-order valence-electron chi connectivity index (χ0n) is 12.2. The molecule has 0 fully saturated rings. The molecule has 1 aromatic heterocycles. The Balaban J connectivity index is 2.31. The monoisotopic (exact) mass is 288 g/mol. The molecule has 3 N–H and O–H groups in total. The van der Waals surface area contributed by atoms with Gasteiger partial charge in [-0.25, -0.2) is 0 Å². The Morgan fingerprint density at radius 3 is 2.29 bits per heavy atom. The lowest BCUT2D eigenvalue weighted by atomic mass is 9.89. The molecule has 0 amide bonds. The molecule has 2 unspecified atom stereocenters. The minimum absolute atomic E-state index is 0.203. The first-order valence-electron chi connectivity index (χ1n) is 6.71. The lowest BCUT2D eigenvalue weighted by Crippen LogP contribution is -2.20. The quantitative estimate of drug-likeness (QED) is 0.848. The normalized spacial score (nSPS) is 13.5. The molecule has 5 heteroatoms. The van der Waals surface area contributed by atoms with Gasteiger partial charge in [0, 0.05) is 24.9 Å². The van der Waals surface area contributed by atoms with Crippen LogP contribution in [0, 0.1) is 0 Å². The second kappa shape index (κ2) is 7.06. The predicted molar refractivity (Wildman–Crippen MR) is 80.5 cm³/mol. The first-order valence-corrected chi connectivity index (χ1v) is 6.71. The zero-order valence-corrected chi connectivity index (χ0v) is 12.2. The fourth-order valence-corrected chi connectivity index (χ4v) is 2.33. The maximum Gasteiger partial charge on any atom is 0.161 e. The van der Waals surface area contributed by atoms with Gasteiger partial charge in [0.2, 0.25) is 0 Å². The minimum Gasteiger partial charge on any atom is -0.493 e. The summed E-state index contributed by atoms with van der Waals surface area (Å²) in [7, 11) is 3.14. The Kier molecular flexibility index (Phi) is 5.14. The van der Waals surface area contributed by atoms with E-state index in [1.54, 1.807) is 38.7 Å². The van der Waals surface area contributed by atoms with E-state index < -0.39 is 6.10 Å². The molecule has 2 aromatic rings. The van der Waals surface area contributed by atoms with Gasteiger partial charge in [-0.15, -0.1) is 0 Å². The first kappa shape index (κ1) is 15.3. The number of rotatable bonds is 6. The number of aromatic nitrogens is 1. The van der Waals surface area contributed by atoms with Crippen molar-refractivity contribution < 1.29 is 14.6 Å². The number of pyridine rings is 1. The second-order valence-corrected chi connectivity index (χ2v) is 4.68. The molecule has 0 aliphatic heterocycles. The summed E-state index contributed by atoms with van der Waals surface area (Å²) in [6, 6.07) is 9.09. The number of benzene rings is 1. The molecule has 1 aromatic carbocycles. The van der Waals surface area contributed by atoms with Gasteiger partial charge >= 0.3 is 0 Å². The summed E-state index contributed by atoms with van der Waals surface area (Å²) in [5.41, 5.74) is 7.52. The van der Waals surface area contributed by atoms with Crippen LogP contribution in [0.5, 0.6) is 11.5 Å². The molecule has 112 valence electrons. The highest BCUT2D eigenvalue weighted by atomic mass is 16.5. The number of nitrogens with zero attached hydrogens (tertiary/aromatic N) is 1. The van der Waals surface area contributed by atoms with Crippen molar-refractivity contribution in [3.63, 3.8) is 0 Å². The summed E-state index contributed by atoms with van der Waals surface area (Å²) in [5, 5.41) is 10.6. The van der Waals surface area contributed by atoms with Crippen molar-refractivity contribution in [2.45, 2.75) is 12.0 Å². The van der Waals surface area contributed by atoms with Gasteiger partial charge in [0.05, 0.1) is 20.3 Å². The molecule has 0 aliphatic carbocycles. The Morgan fingerprint density at radius 2 is 1.71 bits per heavy atom. The molecular weight excluding hydrogens is 268 g/mol. The molecule has 0 radical (unpaired) electrons. The highest BCUT2D eigenvalue weighted by Gasteiger charge is 2.22. The maximum absolute atomic E-state index is 10.6. The highest BCUT2D eigenvalue weighted by Crippen LogP contribution is 2.35. The first-order chi connectivity index (χ1) is 10.2. The van der Waals surface area contributed by atoms with E-state index >= 15 is 0 Å². The van der Waals surface area contributed by atoms with Crippen LogP contribution in [-0.4, -0.2) is 30.9 Å². The Bertz CT molecular complexity index is 575. The number of ether oxygens (including phenoxy) is 2. The van der Waals surface area contributed by atoms with Crippen molar-refractivity contribution in [3.8, 4) is 11.5 Å². The van der Waals surface area contributed by atoms with Gasteiger partial charge in [-0.2, -0.15) is 0 Å². The van der Waals surface area contributed by atoms with Crippen molar-refractivity contribution in [3.05, 3.63) is 53.9 Å². The largest absolute Gasteiger partial charge is 0.493 e. The molecule has 21 heavy (non-hydrogen) atoms. The SMILES string of the molecule is COc1ccc(C(O)C(CN)c2ccncc2)cc1OC. The van der Waals surface area contributed by atoms with Crippen molar-refractivity contribution >= 4 is 0 Å². The molecule has 2 atom stereocenters. The van der Waals surface area contributed by atoms with Crippen LogP contribution in [-0.2, 0) is 0 Å². The van der Waals surface area contributed by atoms with E-state index in [9.17, 15) is 5.11 Å². The number of nitrogens with two attached hydrogens (primary N) is 1. The van der Waals surface area contributed by atoms with Crippen LogP contribution in [0.4, 0.5) is 0 Å². The fraction of sp³-hybridized carbons (Fsp3) is 0.312. The summed E-state index contributed by atoms with van der Waals surface area (Å²) in [6.45, 7) is 0.333. The molecule has 2 rings (SSSR count). The van der Waals surface area contributed by atoms with Gasteiger partial charge in [0.25, 0.3) is 0 Å². The lowest BCUT2D eigenvalue weighted by Gasteiger charge is -2.23. The van der Waals surface area contributed by atoms with E-state index in [4.69, 9.17) is 15.2 Å². The topological polar surface area (TPSA) is 77.6 Å². The van der Waals surface area contributed by atoms with E-state index in [0.29, 0.717) is 18.0 Å². The van der Waals surface area contributed by atoms with E-state index in [-0.39, 0.29) is 5.92 Å². The Labute approximate surface area is 124 Å². The smallest absolute Gasteiger partial charge is 0.161 e. The summed E-state index contributed by atoms with van der Waals surface area (Å²) in [4.78, 5) is 3.99. The fourth-order valence-electron chi connectivity index (χ4n) is 2.33. The lowest BCUT2D eigenvalue weighted by molar-refractivity contribution is 0.147. The van der Waals surface area contributed by atoms with Crippen molar-refractivity contribution in [2.75, 3.05) is 20.8 Å². The van der Waals surface area contributed by atoms with Crippen LogP contribution in [0.3, 0.4) is 0 Å². The van der Waals surface area contributed by atoms with Crippen LogP contribution in [0.25, 0.3) is 0 Å². The number of hydrogen-bond donors (Lipinski definition) is 2. The Morgan fingerprint density at radius 1 is 1.05 bits per heavy atom. The van der Waals surface area contributed by atoms with Gasteiger partial charge in [-0.05, 0) is 35.4 Å². The third kappa shape index (κ3) is 3.32. The molecule has 0 saturated carbocycles. The standard InChI is InChI=1S/C16H20N2O3/c1-20-14-4-3-12(9-15(14)21-2)16(19)13(10-17)11-5-7-18-8-6-11/h3-9,13,16,19H,10,17H2,1-2H3. The number of hydrogen-bond acceptors (Lipinski definition) is 5. The number of aliphatic hydroxyl groups is 1. The minimum atomic E-state index is -0.725. The average molecular weight is 288 g/mol. The molecule has 0 bridgehead atoms. The summed E-state index contributed by atoms with van der Waals surface area (Å²) >= 11 is 0. The van der Waals surface area contributed by atoms with Crippen molar-refractivity contribution in [1.29, 1.82) is 0 Å². The molecule has 5 nitrogen and oxygen atoms in total. The van der Waals surface area contributed by atoms with E-state index in [0.717, 1.165) is 11.1 Å². The van der Waals surface area contributed by atoms with Crippen LogP contribution < -0.4 is 15.2 Å². The maximum atomic E-state index is 10.6. The molecule has 0 aliphatic rings. The average Bonchev–Trinajstić information content (AvgIpc) is 2.55. The van der Waals surface area contributed by atoms with Crippen molar-refractivity contribution in [1.82, 2.24) is 4.98 Å². The van der Waals surface area contributed by atoms with Crippen LogP contribution in [0.15, 0.2) is 42.7 Å². The highest BCUT2D eigenvalue weighted by molar-refractivity contribution is 5.44. The number of aliphatic hydroxyl groups excluding tert-OH is 1. The van der Waals surface area contributed by atoms with Crippen molar-refractivity contribution in [2.24, 2.45) is 5.73 Å². The molecule has 1 heterocycles. The number of methoxy groups -OCH3 is 2. The summed E-state index contributed by atoms with van der Waals surface area (Å²) in [5.74, 6) is 1.01. The summed E-state index contributed by atoms with van der Waals surface area (Å²) in [6.07, 6.45) is 2.66. The third-order valence-corrected chi connectivity index (χ3v) is 3.52. The molecule has 0 spiro atoms. The second-order valence-electron chi connectivity index (χ2n) is 4.68. The molecular formula is C16H20N2O3. The third-order valence-electron chi connectivity index (χ3n) is 3.52. The Hall–Kier alpha value is -2.11. The van der Waals surface area contributed by atoms with Crippen LogP contribution in [0.1, 0.15) is 23.1 Å². The van der Waals surface area contributed by atoms with Crippen LogP contribution in [0.2, 0.25) is 0 Å². The predicted octanol–water partition coefficient (Wildman–Crippen LogP) is 1.87. The van der Waals surface area contributed by atoms with E-state index in [1.165, 1.54) is 0 Å². The van der Waals surface area contributed by atoms with Gasteiger partial charge < -0.3 is 20.3 Å². The zero-order chi connectivity index (χ0) is 15.2. The van der Waals surface area contributed by atoms with E-state index in [2.05, 4.69) is 4.98 Å². The van der Waals surface area contributed by atoms with Crippen LogP contribution >= 0.6 is 0 Å².